The number of nitrogens with one attached hydrogen (secondary N) is 1. The number of hydrogen-bond donors (Lipinski definition) is 2. The molecule has 2 rings (SSSR count). The average Bonchev–Trinajstić information content (AvgIpc) is 2.83. The Kier molecular flexibility index (Phi) is 3.07. The molecule has 0 aliphatic heterocycles. The van der Waals surface area contributed by atoms with E-state index in [0.717, 1.165) is 19.4 Å². The van der Waals surface area contributed by atoms with Gasteiger partial charge in [-0.25, -0.2) is 4.98 Å². The van der Waals surface area contributed by atoms with E-state index in [0.29, 0.717) is 0 Å². The summed E-state index contributed by atoms with van der Waals surface area (Å²) in [7, 11) is 0. The summed E-state index contributed by atoms with van der Waals surface area (Å²) in [5, 5.41) is 13.8. The molecular weight excluding hydrogens is 220 g/mol. The lowest BCUT2D eigenvalue weighted by Crippen LogP contribution is -2.33. The van der Waals surface area contributed by atoms with Crippen LogP contribution in [0.4, 0.5) is 0 Å². The van der Waals surface area contributed by atoms with Gasteiger partial charge in [-0.05, 0) is 12.8 Å². The Balaban J connectivity index is 1.93. The summed E-state index contributed by atoms with van der Waals surface area (Å²) in [6, 6.07) is 0. The lowest BCUT2D eigenvalue weighted by molar-refractivity contribution is 0.230. The third kappa shape index (κ3) is 2.62. The lowest BCUT2D eigenvalue weighted by atomic mass is 9.98. The van der Waals surface area contributed by atoms with Gasteiger partial charge in [-0.2, -0.15) is 0 Å². The maximum atomic E-state index is 9.19. The first-order valence-corrected chi connectivity index (χ1v) is 6.58. The van der Waals surface area contributed by atoms with Gasteiger partial charge in [-0.3, -0.25) is 0 Å². The number of hydrogen-bond acceptors (Lipinski definition) is 4. The van der Waals surface area contributed by atoms with Crippen LogP contribution in [-0.4, -0.2) is 22.2 Å². The predicted molar refractivity (Wildman–Crippen MR) is 66.7 cm³/mol. The first kappa shape index (κ1) is 12.0. The SMILES string of the molecule is CC(C)(C)c1ncc(CNC2(CO)CC2)s1. The standard InChI is InChI=1S/C12H20N2OS/c1-11(2,3)10-13-6-9(16-10)7-14-12(8-15)4-5-12/h6,14-15H,4-5,7-8H2,1-3H3. The number of nitrogens with zero attached hydrogens (tertiary/aromatic N) is 1. The van der Waals surface area contributed by atoms with E-state index in [2.05, 4.69) is 31.1 Å². The van der Waals surface area contributed by atoms with E-state index in [9.17, 15) is 5.11 Å². The van der Waals surface area contributed by atoms with Crippen molar-refractivity contribution in [2.75, 3.05) is 6.61 Å². The summed E-state index contributed by atoms with van der Waals surface area (Å²) in [5.74, 6) is 0. The van der Waals surface area contributed by atoms with Crippen molar-refractivity contribution in [3.8, 4) is 0 Å². The van der Waals surface area contributed by atoms with Gasteiger partial charge in [-0.15, -0.1) is 11.3 Å². The number of aromatic nitrogens is 1. The number of aliphatic hydroxyl groups is 1. The Labute approximate surface area is 101 Å². The molecule has 0 bridgehead atoms. The average molecular weight is 240 g/mol. The monoisotopic (exact) mass is 240 g/mol. The Morgan fingerprint density at radius 2 is 2.19 bits per heavy atom. The van der Waals surface area contributed by atoms with Crippen LogP contribution in [0, 0.1) is 0 Å². The third-order valence-corrected chi connectivity index (χ3v) is 4.41. The van der Waals surface area contributed by atoms with Crippen molar-refractivity contribution in [3.63, 3.8) is 0 Å². The minimum Gasteiger partial charge on any atom is -0.394 e. The molecule has 0 aromatic carbocycles. The minimum atomic E-state index is 0.0197. The fourth-order valence-electron chi connectivity index (χ4n) is 1.55. The molecule has 1 aliphatic carbocycles. The van der Waals surface area contributed by atoms with E-state index in [4.69, 9.17) is 0 Å². The number of aliphatic hydroxyl groups excluding tert-OH is 1. The van der Waals surface area contributed by atoms with Crippen LogP contribution >= 0.6 is 11.3 Å². The van der Waals surface area contributed by atoms with Gasteiger partial charge in [-0.1, -0.05) is 20.8 Å². The molecular formula is C12H20N2OS. The van der Waals surface area contributed by atoms with Gasteiger partial charge in [0.25, 0.3) is 0 Å². The Morgan fingerprint density at radius 3 is 2.62 bits per heavy atom. The van der Waals surface area contributed by atoms with Crippen molar-refractivity contribution < 1.29 is 5.11 Å². The maximum Gasteiger partial charge on any atom is 0.0981 e. The quantitative estimate of drug-likeness (QED) is 0.846. The molecule has 16 heavy (non-hydrogen) atoms. The second-order valence-electron chi connectivity index (χ2n) is 5.67. The van der Waals surface area contributed by atoms with E-state index >= 15 is 0 Å². The zero-order valence-electron chi connectivity index (χ0n) is 10.2. The first-order valence-electron chi connectivity index (χ1n) is 5.76. The van der Waals surface area contributed by atoms with Crippen LogP contribution in [0.3, 0.4) is 0 Å². The van der Waals surface area contributed by atoms with E-state index in [1.165, 1.54) is 9.88 Å². The molecule has 0 atom stereocenters. The van der Waals surface area contributed by atoms with Crippen LogP contribution in [-0.2, 0) is 12.0 Å². The van der Waals surface area contributed by atoms with Crippen LogP contribution in [0.5, 0.6) is 0 Å². The van der Waals surface area contributed by atoms with Gasteiger partial charge in [0.15, 0.2) is 0 Å². The second-order valence-corrected chi connectivity index (χ2v) is 6.79. The molecule has 0 saturated heterocycles. The first-order chi connectivity index (χ1) is 7.45. The molecule has 1 aromatic heterocycles. The molecule has 0 radical (unpaired) electrons. The molecule has 1 fully saturated rings. The van der Waals surface area contributed by atoms with Crippen molar-refractivity contribution in [3.05, 3.63) is 16.1 Å². The molecule has 1 saturated carbocycles. The zero-order valence-corrected chi connectivity index (χ0v) is 11.0. The third-order valence-electron chi connectivity index (χ3n) is 2.99. The van der Waals surface area contributed by atoms with Crippen molar-refractivity contribution in [1.82, 2.24) is 10.3 Å². The normalized spacial score (nSPS) is 18.8. The van der Waals surface area contributed by atoms with Gasteiger partial charge in [0.2, 0.25) is 0 Å². The highest BCUT2D eigenvalue weighted by Gasteiger charge is 2.41. The molecule has 90 valence electrons. The summed E-state index contributed by atoms with van der Waals surface area (Å²) in [4.78, 5) is 5.70. The van der Waals surface area contributed by atoms with Crippen molar-refractivity contribution in [1.29, 1.82) is 0 Å². The van der Waals surface area contributed by atoms with E-state index < -0.39 is 0 Å². The zero-order chi connectivity index (χ0) is 11.8. The van der Waals surface area contributed by atoms with Crippen LogP contribution in [0.1, 0.15) is 43.5 Å². The summed E-state index contributed by atoms with van der Waals surface area (Å²) in [5.41, 5.74) is 0.156. The Hall–Kier alpha value is -0.450. The molecule has 1 aliphatic rings. The van der Waals surface area contributed by atoms with Crippen LogP contribution in [0.2, 0.25) is 0 Å². The van der Waals surface area contributed by atoms with Crippen molar-refractivity contribution in [2.45, 2.75) is 51.1 Å². The lowest BCUT2D eigenvalue weighted by Gasteiger charge is -2.14. The van der Waals surface area contributed by atoms with Gasteiger partial charge in [0.05, 0.1) is 11.6 Å². The maximum absolute atomic E-state index is 9.19. The Bertz CT molecular complexity index is 363. The van der Waals surface area contributed by atoms with E-state index in [1.54, 1.807) is 11.3 Å². The molecule has 4 heteroatoms. The molecule has 0 unspecified atom stereocenters. The van der Waals surface area contributed by atoms with Gasteiger partial charge < -0.3 is 10.4 Å². The molecule has 1 heterocycles. The van der Waals surface area contributed by atoms with E-state index in [-0.39, 0.29) is 17.6 Å². The molecule has 2 N–H and O–H groups in total. The largest absolute Gasteiger partial charge is 0.394 e. The molecule has 1 aromatic rings. The number of thiazole rings is 1. The van der Waals surface area contributed by atoms with E-state index in [1.807, 2.05) is 6.20 Å². The molecule has 0 spiro atoms. The highest BCUT2D eigenvalue weighted by atomic mass is 32.1. The summed E-state index contributed by atoms with van der Waals surface area (Å²) < 4.78 is 0. The fraction of sp³-hybridized carbons (Fsp3) is 0.750. The highest BCUT2D eigenvalue weighted by Crippen LogP contribution is 2.35. The smallest absolute Gasteiger partial charge is 0.0981 e. The summed E-state index contributed by atoms with van der Waals surface area (Å²) >= 11 is 1.76. The predicted octanol–water partition coefficient (Wildman–Crippen LogP) is 2.06. The van der Waals surface area contributed by atoms with Crippen molar-refractivity contribution in [2.24, 2.45) is 0 Å². The summed E-state index contributed by atoms with van der Waals surface area (Å²) in [6.07, 6.45) is 4.13. The summed E-state index contributed by atoms with van der Waals surface area (Å²) in [6.45, 7) is 7.61. The van der Waals surface area contributed by atoms with Crippen LogP contribution < -0.4 is 5.32 Å². The Morgan fingerprint density at radius 1 is 1.50 bits per heavy atom. The topological polar surface area (TPSA) is 45.2 Å². The second kappa shape index (κ2) is 4.09. The van der Waals surface area contributed by atoms with Crippen LogP contribution in [0.15, 0.2) is 6.20 Å². The van der Waals surface area contributed by atoms with Crippen molar-refractivity contribution >= 4 is 11.3 Å². The molecule has 3 nitrogen and oxygen atoms in total. The van der Waals surface area contributed by atoms with Gasteiger partial charge in [0.1, 0.15) is 0 Å². The number of rotatable bonds is 4. The van der Waals surface area contributed by atoms with Gasteiger partial charge in [0, 0.05) is 28.6 Å². The molecule has 0 amide bonds. The van der Waals surface area contributed by atoms with Gasteiger partial charge >= 0.3 is 0 Å². The highest BCUT2D eigenvalue weighted by molar-refractivity contribution is 7.11. The van der Waals surface area contributed by atoms with Crippen LogP contribution in [0.25, 0.3) is 0 Å². The minimum absolute atomic E-state index is 0.0197. The fourth-order valence-corrected chi connectivity index (χ4v) is 2.46.